The molecule has 0 bridgehead atoms. The standard InChI is InChI=1S/C12H8ClNO5/c13-7-3-1-6(2-4-7)9-5-8(11(15)16)10(12(17)18)14(9)19/h1-5,19H,(H,15,16)(H,17,18). The molecule has 0 atom stereocenters. The molecule has 0 aliphatic carbocycles. The number of benzene rings is 1. The minimum Gasteiger partial charge on any atom is -0.478 e. The summed E-state index contributed by atoms with van der Waals surface area (Å²) in [6.07, 6.45) is 0. The topological polar surface area (TPSA) is 99.8 Å². The van der Waals surface area contributed by atoms with Crippen molar-refractivity contribution < 1.29 is 25.0 Å². The van der Waals surface area contributed by atoms with E-state index in [-0.39, 0.29) is 5.69 Å². The first-order valence-corrected chi connectivity index (χ1v) is 5.47. The van der Waals surface area contributed by atoms with Crippen molar-refractivity contribution in [3.63, 3.8) is 0 Å². The van der Waals surface area contributed by atoms with Crippen LogP contribution in [0.3, 0.4) is 0 Å². The van der Waals surface area contributed by atoms with Crippen molar-refractivity contribution in [1.82, 2.24) is 4.73 Å². The predicted octanol–water partition coefficient (Wildman–Crippen LogP) is 2.44. The molecule has 0 radical (unpaired) electrons. The van der Waals surface area contributed by atoms with E-state index in [0.29, 0.717) is 15.3 Å². The molecule has 2 aromatic rings. The van der Waals surface area contributed by atoms with Crippen LogP contribution in [0.1, 0.15) is 20.8 Å². The highest BCUT2D eigenvalue weighted by Gasteiger charge is 2.25. The van der Waals surface area contributed by atoms with Crippen molar-refractivity contribution in [2.24, 2.45) is 0 Å². The molecule has 1 aromatic carbocycles. The second kappa shape index (κ2) is 4.66. The van der Waals surface area contributed by atoms with Crippen molar-refractivity contribution >= 4 is 23.5 Å². The molecule has 0 unspecified atom stereocenters. The highest BCUT2D eigenvalue weighted by Crippen LogP contribution is 2.26. The van der Waals surface area contributed by atoms with Crippen LogP contribution in [0.2, 0.25) is 5.02 Å². The van der Waals surface area contributed by atoms with E-state index in [4.69, 9.17) is 21.8 Å². The lowest BCUT2D eigenvalue weighted by molar-refractivity contribution is 0.0611. The van der Waals surface area contributed by atoms with E-state index >= 15 is 0 Å². The van der Waals surface area contributed by atoms with Gasteiger partial charge in [-0.2, -0.15) is 4.73 Å². The molecule has 6 nitrogen and oxygen atoms in total. The van der Waals surface area contributed by atoms with Crippen molar-refractivity contribution in [2.75, 3.05) is 0 Å². The summed E-state index contributed by atoms with van der Waals surface area (Å²) >= 11 is 5.72. The number of hydrogen-bond acceptors (Lipinski definition) is 3. The molecule has 1 aromatic heterocycles. The molecular weight excluding hydrogens is 274 g/mol. The van der Waals surface area contributed by atoms with Gasteiger partial charge in [0.05, 0.1) is 11.3 Å². The summed E-state index contributed by atoms with van der Waals surface area (Å²) in [5.41, 5.74) is -0.675. The summed E-state index contributed by atoms with van der Waals surface area (Å²) in [6, 6.07) is 7.27. The van der Waals surface area contributed by atoms with Gasteiger partial charge in [0.25, 0.3) is 0 Å². The average Bonchev–Trinajstić information content (AvgIpc) is 2.68. The largest absolute Gasteiger partial charge is 0.478 e. The number of hydrogen-bond donors (Lipinski definition) is 3. The molecule has 0 saturated heterocycles. The van der Waals surface area contributed by atoms with Crippen LogP contribution in [0.25, 0.3) is 11.3 Å². The zero-order valence-corrected chi connectivity index (χ0v) is 10.1. The summed E-state index contributed by atoms with van der Waals surface area (Å²) in [6.45, 7) is 0. The van der Waals surface area contributed by atoms with E-state index in [2.05, 4.69) is 0 Å². The fraction of sp³-hybridized carbons (Fsp3) is 0. The molecular formula is C12H8ClNO5. The Labute approximate surface area is 112 Å². The van der Waals surface area contributed by atoms with Gasteiger partial charge in [-0.1, -0.05) is 23.7 Å². The summed E-state index contributed by atoms with van der Waals surface area (Å²) in [7, 11) is 0. The third kappa shape index (κ3) is 2.25. The first-order valence-electron chi connectivity index (χ1n) is 5.09. The van der Waals surface area contributed by atoms with E-state index in [1.54, 1.807) is 24.3 Å². The van der Waals surface area contributed by atoms with E-state index in [1.165, 1.54) is 0 Å². The Morgan fingerprint density at radius 2 is 1.63 bits per heavy atom. The van der Waals surface area contributed by atoms with Gasteiger partial charge in [-0.05, 0) is 18.2 Å². The first kappa shape index (κ1) is 13.0. The number of nitrogens with zero attached hydrogens (tertiary/aromatic N) is 1. The molecule has 19 heavy (non-hydrogen) atoms. The maximum Gasteiger partial charge on any atom is 0.356 e. The molecule has 0 amide bonds. The molecule has 0 aliphatic rings. The first-order chi connectivity index (χ1) is 8.91. The Morgan fingerprint density at radius 1 is 1.05 bits per heavy atom. The fourth-order valence-corrected chi connectivity index (χ4v) is 1.82. The van der Waals surface area contributed by atoms with Crippen LogP contribution in [0.4, 0.5) is 0 Å². The van der Waals surface area contributed by atoms with Gasteiger partial charge in [-0.15, -0.1) is 0 Å². The number of carboxylic acids is 2. The number of carboxylic acid groups (broad SMARTS) is 2. The zero-order valence-electron chi connectivity index (χ0n) is 9.37. The van der Waals surface area contributed by atoms with Gasteiger partial charge in [0, 0.05) is 10.6 Å². The van der Waals surface area contributed by atoms with Gasteiger partial charge in [0.15, 0.2) is 5.69 Å². The van der Waals surface area contributed by atoms with E-state index in [0.717, 1.165) is 6.07 Å². The van der Waals surface area contributed by atoms with Crippen molar-refractivity contribution in [2.45, 2.75) is 0 Å². The quantitative estimate of drug-likeness (QED) is 0.750. The second-order valence-electron chi connectivity index (χ2n) is 3.72. The third-order valence-electron chi connectivity index (χ3n) is 2.55. The van der Waals surface area contributed by atoms with Crippen LogP contribution in [-0.4, -0.2) is 32.1 Å². The second-order valence-corrected chi connectivity index (χ2v) is 4.16. The molecule has 0 spiro atoms. The Morgan fingerprint density at radius 3 is 2.05 bits per heavy atom. The van der Waals surface area contributed by atoms with Crippen LogP contribution in [-0.2, 0) is 0 Å². The highest BCUT2D eigenvalue weighted by molar-refractivity contribution is 6.30. The Kier molecular flexibility index (Phi) is 3.18. The number of aromatic carboxylic acids is 2. The van der Waals surface area contributed by atoms with Gasteiger partial charge in [-0.25, -0.2) is 9.59 Å². The predicted molar refractivity (Wildman–Crippen MR) is 66.0 cm³/mol. The smallest absolute Gasteiger partial charge is 0.356 e. The van der Waals surface area contributed by atoms with Crippen LogP contribution >= 0.6 is 11.6 Å². The Hall–Kier alpha value is -2.47. The number of aromatic nitrogens is 1. The molecule has 3 N–H and O–H groups in total. The normalized spacial score (nSPS) is 10.4. The lowest BCUT2D eigenvalue weighted by Crippen LogP contribution is -2.11. The fourth-order valence-electron chi connectivity index (χ4n) is 1.70. The molecule has 7 heteroatoms. The zero-order chi connectivity index (χ0) is 14.2. The van der Waals surface area contributed by atoms with E-state index < -0.39 is 23.2 Å². The van der Waals surface area contributed by atoms with Gasteiger partial charge < -0.3 is 15.4 Å². The Bertz CT molecular complexity index is 660. The van der Waals surface area contributed by atoms with Gasteiger partial charge in [-0.3, -0.25) is 0 Å². The minimum absolute atomic E-state index is 0.0615. The monoisotopic (exact) mass is 281 g/mol. The molecule has 98 valence electrons. The van der Waals surface area contributed by atoms with E-state index in [1.807, 2.05) is 0 Å². The lowest BCUT2D eigenvalue weighted by atomic mass is 10.1. The van der Waals surface area contributed by atoms with Crippen molar-refractivity contribution in [3.05, 3.63) is 46.6 Å². The maximum atomic E-state index is 11.0. The lowest BCUT2D eigenvalue weighted by Gasteiger charge is -2.03. The van der Waals surface area contributed by atoms with Gasteiger partial charge in [0.1, 0.15) is 0 Å². The van der Waals surface area contributed by atoms with E-state index in [9.17, 15) is 14.8 Å². The molecule has 0 aliphatic heterocycles. The van der Waals surface area contributed by atoms with Crippen LogP contribution < -0.4 is 0 Å². The Balaban J connectivity index is 2.65. The number of halogens is 1. The average molecular weight is 282 g/mol. The summed E-state index contributed by atoms with van der Waals surface area (Å²) in [5.74, 6) is -2.96. The minimum atomic E-state index is -1.53. The summed E-state index contributed by atoms with van der Waals surface area (Å²) in [5, 5.41) is 28.1. The summed E-state index contributed by atoms with van der Waals surface area (Å²) < 4.78 is 0.342. The number of carbonyl (C=O) groups is 2. The number of rotatable bonds is 3. The maximum absolute atomic E-state index is 11.0. The summed E-state index contributed by atoms with van der Waals surface area (Å²) in [4.78, 5) is 21.9. The SMILES string of the molecule is O=C(O)c1cc(-c2ccc(Cl)cc2)n(O)c1C(=O)O. The van der Waals surface area contributed by atoms with Gasteiger partial charge >= 0.3 is 11.9 Å². The molecule has 1 heterocycles. The molecule has 0 saturated carbocycles. The molecule has 0 fully saturated rings. The van der Waals surface area contributed by atoms with Crippen LogP contribution in [0.15, 0.2) is 30.3 Å². The van der Waals surface area contributed by atoms with Gasteiger partial charge in [0.2, 0.25) is 0 Å². The van der Waals surface area contributed by atoms with Crippen molar-refractivity contribution in [1.29, 1.82) is 0 Å². The van der Waals surface area contributed by atoms with Crippen molar-refractivity contribution in [3.8, 4) is 11.3 Å². The third-order valence-corrected chi connectivity index (χ3v) is 2.80. The molecule has 2 rings (SSSR count). The van der Waals surface area contributed by atoms with Crippen LogP contribution in [0.5, 0.6) is 0 Å². The highest BCUT2D eigenvalue weighted by atomic mass is 35.5. The van der Waals surface area contributed by atoms with Crippen LogP contribution in [0, 0.1) is 0 Å².